The molecule has 3 nitrogen and oxygen atoms in total. The first-order valence-electron chi connectivity index (χ1n) is 4.49. The van der Waals surface area contributed by atoms with Crippen molar-refractivity contribution in [2.24, 2.45) is 0 Å². The van der Waals surface area contributed by atoms with E-state index in [1.807, 2.05) is 0 Å². The average Bonchev–Trinajstić information content (AvgIpc) is 2.17. The van der Waals surface area contributed by atoms with Crippen LogP contribution in [0.15, 0.2) is 18.2 Å². The third-order valence-electron chi connectivity index (χ3n) is 2.12. The number of alkyl halides is 4. The number of fused-ring (bicyclic) bond motifs is 1. The average molecular weight is 247 g/mol. The van der Waals surface area contributed by atoms with Crippen LogP contribution in [0, 0.1) is 11.3 Å². The van der Waals surface area contributed by atoms with E-state index < -0.39 is 23.7 Å². The third-order valence-corrected chi connectivity index (χ3v) is 2.12. The number of hydrogen-bond donors (Lipinski definition) is 0. The minimum absolute atomic E-state index is 0.111. The quantitative estimate of drug-likeness (QED) is 0.716. The van der Waals surface area contributed by atoms with Crippen LogP contribution in [0.3, 0.4) is 0 Å². The molecule has 1 aromatic carbocycles. The van der Waals surface area contributed by atoms with E-state index in [1.165, 1.54) is 6.07 Å². The Balaban J connectivity index is 2.48. The summed E-state index contributed by atoms with van der Waals surface area (Å²) in [7, 11) is 0. The first-order valence-corrected chi connectivity index (χ1v) is 4.49. The lowest BCUT2D eigenvalue weighted by atomic mass is 10.1. The number of ether oxygens (including phenoxy) is 2. The van der Waals surface area contributed by atoms with Gasteiger partial charge in [0.25, 0.3) is 0 Å². The second-order valence-corrected chi connectivity index (χ2v) is 3.35. The third kappa shape index (κ3) is 2.17. The van der Waals surface area contributed by atoms with Crippen molar-refractivity contribution in [3.63, 3.8) is 0 Å². The summed E-state index contributed by atoms with van der Waals surface area (Å²) in [6.45, 7) is 0. The van der Waals surface area contributed by atoms with Crippen LogP contribution in [0.1, 0.15) is 11.1 Å². The van der Waals surface area contributed by atoms with E-state index in [9.17, 15) is 17.6 Å². The van der Waals surface area contributed by atoms with Crippen LogP contribution in [0.25, 0.3) is 0 Å². The summed E-state index contributed by atoms with van der Waals surface area (Å²) in [6.07, 6.45) is -8.63. The van der Waals surface area contributed by atoms with Crippen LogP contribution in [0.5, 0.6) is 5.75 Å². The van der Waals surface area contributed by atoms with Crippen LogP contribution in [-0.2, 0) is 17.3 Å². The molecule has 0 bridgehead atoms. The Morgan fingerprint density at radius 1 is 1.24 bits per heavy atom. The maximum atomic E-state index is 13.2. The molecular formula is C10H5F4NO2. The standard InChI is InChI=1S/C10H5F4NO2/c11-9(12)7-5-6(3-4-15)1-2-8(7)16-10(13,14)17-9/h1-2,5H,3H2. The Kier molecular flexibility index (Phi) is 2.47. The zero-order valence-corrected chi connectivity index (χ0v) is 8.21. The summed E-state index contributed by atoms with van der Waals surface area (Å²) in [5.41, 5.74) is -0.542. The van der Waals surface area contributed by atoms with E-state index in [-0.39, 0.29) is 12.0 Å². The molecule has 1 heterocycles. The number of rotatable bonds is 1. The zero-order chi connectivity index (χ0) is 12.7. The lowest BCUT2D eigenvalue weighted by molar-refractivity contribution is -0.461. The summed E-state index contributed by atoms with van der Waals surface area (Å²) in [5.74, 6) is -0.659. The van der Waals surface area contributed by atoms with E-state index >= 15 is 0 Å². The van der Waals surface area contributed by atoms with E-state index in [4.69, 9.17) is 5.26 Å². The van der Waals surface area contributed by atoms with Gasteiger partial charge in [-0.2, -0.15) is 14.0 Å². The highest BCUT2D eigenvalue weighted by Crippen LogP contribution is 2.46. The maximum absolute atomic E-state index is 13.2. The molecule has 0 saturated heterocycles. The highest BCUT2D eigenvalue weighted by molar-refractivity contribution is 5.41. The number of halogens is 4. The van der Waals surface area contributed by atoms with Crippen molar-refractivity contribution in [3.8, 4) is 11.8 Å². The molecule has 2 rings (SSSR count). The fourth-order valence-electron chi connectivity index (χ4n) is 1.45. The monoisotopic (exact) mass is 247 g/mol. The van der Waals surface area contributed by atoms with Gasteiger partial charge in [-0.1, -0.05) is 6.07 Å². The minimum Gasteiger partial charge on any atom is -0.409 e. The molecule has 1 aliphatic rings. The molecule has 0 aliphatic carbocycles. The Bertz CT molecular complexity index is 496. The number of nitrogens with zero attached hydrogens (tertiary/aromatic N) is 1. The van der Waals surface area contributed by atoms with Crippen molar-refractivity contribution in [1.29, 1.82) is 5.26 Å². The molecule has 0 unspecified atom stereocenters. The Labute approximate surface area is 93.2 Å². The molecule has 0 spiro atoms. The van der Waals surface area contributed by atoms with Gasteiger partial charge in [0.15, 0.2) is 0 Å². The fraction of sp³-hybridized carbons (Fsp3) is 0.300. The van der Waals surface area contributed by atoms with Crippen molar-refractivity contribution in [1.82, 2.24) is 0 Å². The molecule has 1 aromatic rings. The highest BCUT2D eigenvalue weighted by atomic mass is 19.3. The van der Waals surface area contributed by atoms with Crippen molar-refractivity contribution in [2.75, 3.05) is 0 Å². The van der Waals surface area contributed by atoms with E-state index in [1.54, 1.807) is 6.07 Å². The van der Waals surface area contributed by atoms with Crippen LogP contribution in [0.4, 0.5) is 17.6 Å². The number of hydrogen-bond acceptors (Lipinski definition) is 3. The summed E-state index contributed by atoms with van der Waals surface area (Å²) < 4.78 is 59.0. The van der Waals surface area contributed by atoms with Gasteiger partial charge >= 0.3 is 12.4 Å². The molecular weight excluding hydrogens is 242 g/mol. The van der Waals surface area contributed by atoms with Crippen molar-refractivity contribution in [3.05, 3.63) is 29.3 Å². The Morgan fingerprint density at radius 3 is 2.59 bits per heavy atom. The van der Waals surface area contributed by atoms with Crippen LogP contribution < -0.4 is 4.74 Å². The predicted octanol–water partition coefficient (Wildman–Crippen LogP) is 2.76. The second-order valence-electron chi connectivity index (χ2n) is 3.35. The zero-order valence-electron chi connectivity index (χ0n) is 8.21. The van der Waals surface area contributed by atoms with Crippen LogP contribution in [-0.4, -0.2) is 6.29 Å². The Hall–Kier alpha value is -1.81. The first-order chi connectivity index (χ1) is 7.84. The number of benzene rings is 1. The first kappa shape index (κ1) is 11.7. The summed E-state index contributed by atoms with van der Waals surface area (Å²) in [4.78, 5) is 0. The van der Waals surface area contributed by atoms with E-state index in [0.717, 1.165) is 12.1 Å². The van der Waals surface area contributed by atoms with Gasteiger partial charge in [-0.05, 0) is 17.7 Å². The van der Waals surface area contributed by atoms with Crippen LogP contribution in [0.2, 0.25) is 0 Å². The van der Waals surface area contributed by atoms with Gasteiger partial charge in [0.1, 0.15) is 5.75 Å². The normalized spacial score (nSPS) is 19.9. The van der Waals surface area contributed by atoms with Crippen LogP contribution >= 0.6 is 0 Å². The number of nitriles is 1. The molecule has 0 N–H and O–H groups in total. The van der Waals surface area contributed by atoms with Gasteiger partial charge < -0.3 is 4.74 Å². The molecule has 0 amide bonds. The minimum atomic E-state index is -4.37. The molecule has 0 saturated carbocycles. The van der Waals surface area contributed by atoms with Gasteiger partial charge in [-0.15, -0.1) is 8.78 Å². The lowest BCUT2D eigenvalue weighted by Gasteiger charge is -2.30. The molecule has 17 heavy (non-hydrogen) atoms. The Morgan fingerprint density at radius 2 is 1.94 bits per heavy atom. The molecule has 1 aliphatic heterocycles. The van der Waals surface area contributed by atoms with Gasteiger partial charge in [-0.25, -0.2) is 4.74 Å². The molecule has 7 heteroatoms. The highest BCUT2D eigenvalue weighted by Gasteiger charge is 2.54. The molecule has 0 radical (unpaired) electrons. The van der Waals surface area contributed by atoms with Crippen molar-refractivity contribution in [2.45, 2.75) is 18.8 Å². The van der Waals surface area contributed by atoms with Gasteiger partial charge in [0.2, 0.25) is 0 Å². The lowest BCUT2D eigenvalue weighted by Crippen LogP contribution is -2.41. The van der Waals surface area contributed by atoms with Crippen molar-refractivity contribution >= 4 is 0 Å². The topological polar surface area (TPSA) is 42.2 Å². The molecule has 0 atom stereocenters. The van der Waals surface area contributed by atoms with Crippen molar-refractivity contribution < 1.29 is 27.0 Å². The maximum Gasteiger partial charge on any atom is 0.540 e. The smallest absolute Gasteiger partial charge is 0.409 e. The largest absolute Gasteiger partial charge is 0.540 e. The summed E-state index contributed by atoms with van der Waals surface area (Å²) in [5, 5.41) is 8.42. The summed E-state index contributed by atoms with van der Waals surface area (Å²) >= 11 is 0. The van der Waals surface area contributed by atoms with Gasteiger partial charge in [0.05, 0.1) is 18.1 Å². The van der Waals surface area contributed by atoms with Gasteiger partial charge in [0, 0.05) is 0 Å². The molecule has 0 fully saturated rings. The summed E-state index contributed by atoms with van der Waals surface area (Å²) in [6, 6.07) is 4.90. The second kappa shape index (κ2) is 3.60. The molecule has 90 valence electrons. The van der Waals surface area contributed by atoms with Gasteiger partial charge in [-0.3, -0.25) is 0 Å². The fourth-order valence-corrected chi connectivity index (χ4v) is 1.45. The van der Waals surface area contributed by atoms with E-state index in [2.05, 4.69) is 9.47 Å². The predicted molar refractivity (Wildman–Crippen MR) is 46.3 cm³/mol. The SMILES string of the molecule is N#CCc1ccc2c(c1)C(F)(F)OC(F)(F)O2. The van der Waals surface area contributed by atoms with E-state index in [0.29, 0.717) is 0 Å². The molecule has 0 aromatic heterocycles.